The molecule has 0 unspecified atom stereocenters. The molecule has 0 saturated carbocycles. The van der Waals surface area contributed by atoms with Crippen LogP contribution in [0.1, 0.15) is 65.0 Å². The van der Waals surface area contributed by atoms with Crippen molar-refractivity contribution in [2.75, 3.05) is 13.1 Å². The number of aryl methyl sites for hydroxylation is 1. The van der Waals surface area contributed by atoms with E-state index in [9.17, 15) is 9.59 Å². The molecule has 2 N–H and O–H groups in total. The van der Waals surface area contributed by atoms with Gasteiger partial charge in [-0.2, -0.15) is 0 Å². The van der Waals surface area contributed by atoms with Gasteiger partial charge in [-0.05, 0) is 44.1 Å². The van der Waals surface area contributed by atoms with Crippen LogP contribution in [0.25, 0.3) is 0 Å². The highest BCUT2D eigenvalue weighted by atomic mass is 16.2. The van der Waals surface area contributed by atoms with Crippen molar-refractivity contribution in [3.05, 3.63) is 53.1 Å². The molecule has 6 heteroatoms. The number of hydrogen-bond donors (Lipinski definition) is 2. The van der Waals surface area contributed by atoms with E-state index in [1.807, 2.05) is 29.7 Å². The number of nitrogens with one attached hydrogen (secondary N) is 2. The van der Waals surface area contributed by atoms with E-state index in [-0.39, 0.29) is 11.8 Å². The highest BCUT2D eigenvalue weighted by molar-refractivity contribution is 5.97. The van der Waals surface area contributed by atoms with Gasteiger partial charge in [0.05, 0.1) is 5.69 Å². The Hall–Kier alpha value is -2.63. The van der Waals surface area contributed by atoms with Crippen LogP contribution in [-0.2, 0) is 19.4 Å². The smallest absolute Gasteiger partial charge is 0.287 e. The van der Waals surface area contributed by atoms with Gasteiger partial charge in [-0.15, -0.1) is 0 Å². The monoisotopic (exact) mass is 368 g/mol. The molecule has 2 aromatic rings. The summed E-state index contributed by atoms with van der Waals surface area (Å²) >= 11 is 0. The van der Waals surface area contributed by atoms with Crippen LogP contribution in [0, 0.1) is 0 Å². The molecule has 0 atom stereocenters. The lowest BCUT2D eigenvalue weighted by molar-refractivity contribution is 0.0937. The van der Waals surface area contributed by atoms with Crippen molar-refractivity contribution in [3.63, 3.8) is 0 Å². The molecule has 1 aliphatic rings. The number of carbonyl (C=O) groups is 2. The van der Waals surface area contributed by atoms with Crippen molar-refractivity contribution in [1.82, 2.24) is 20.2 Å². The van der Waals surface area contributed by atoms with Gasteiger partial charge in [0.25, 0.3) is 11.8 Å². The summed E-state index contributed by atoms with van der Waals surface area (Å²) in [7, 11) is 0. The van der Waals surface area contributed by atoms with Gasteiger partial charge < -0.3 is 15.2 Å². The van der Waals surface area contributed by atoms with Crippen molar-refractivity contribution < 1.29 is 9.59 Å². The fourth-order valence-electron chi connectivity index (χ4n) is 3.44. The molecule has 6 nitrogen and oxygen atoms in total. The van der Waals surface area contributed by atoms with Crippen LogP contribution in [0.5, 0.6) is 0 Å². The zero-order chi connectivity index (χ0) is 19.1. The SMILES string of the molecule is CCCNC(=O)c1nc(C(=O)NCCCc2ccccc2)n2c1CCCC2. The summed E-state index contributed by atoms with van der Waals surface area (Å²) in [6, 6.07) is 10.2. The first-order valence-electron chi connectivity index (χ1n) is 9.90. The third-order valence-electron chi connectivity index (χ3n) is 4.84. The van der Waals surface area contributed by atoms with Crippen LogP contribution >= 0.6 is 0 Å². The van der Waals surface area contributed by atoms with E-state index >= 15 is 0 Å². The van der Waals surface area contributed by atoms with E-state index in [1.165, 1.54) is 5.56 Å². The number of carbonyl (C=O) groups excluding carboxylic acids is 2. The Morgan fingerprint density at radius 1 is 1.07 bits per heavy atom. The molecule has 0 spiro atoms. The lowest BCUT2D eigenvalue weighted by Gasteiger charge is -2.17. The lowest BCUT2D eigenvalue weighted by atomic mass is 10.1. The molecule has 27 heavy (non-hydrogen) atoms. The van der Waals surface area contributed by atoms with E-state index in [0.717, 1.165) is 50.8 Å². The largest absolute Gasteiger partial charge is 0.351 e. The number of amides is 2. The molecule has 2 heterocycles. The average molecular weight is 368 g/mol. The molecule has 0 fully saturated rings. The summed E-state index contributed by atoms with van der Waals surface area (Å²) in [6.45, 7) is 3.97. The van der Waals surface area contributed by atoms with Crippen LogP contribution in [0.4, 0.5) is 0 Å². The first-order chi connectivity index (χ1) is 13.2. The Morgan fingerprint density at radius 2 is 1.85 bits per heavy atom. The van der Waals surface area contributed by atoms with Crippen molar-refractivity contribution in [2.24, 2.45) is 0 Å². The minimum Gasteiger partial charge on any atom is -0.351 e. The van der Waals surface area contributed by atoms with Gasteiger partial charge in [0.1, 0.15) is 5.69 Å². The summed E-state index contributed by atoms with van der Waals surface area (Å²) in [5.41, 5.74) is 2.57. The second kappa shape index (κ2) is 9.35. The van der Waals surface area contributed by atoms with Crippen molar-refractivity contribution in [3.8, 4) is 0 Å². The molecule has 0 saturated heterocycles. The van der Waals surface area contributed by atoms with Crippen LogP contribution in [0.2, 0.25) is 0 Å². The summed E-state index contributed by atoms with van der Waals surface area (Å²) in [5.74, 6) is -0.00237. The average Bonchev–Trinajstić information content (AvgIpc) is 3.10. The highest BCUT2D eigenvalue weighted by Gasteiger charge is 2.27. The first kappa shape index (κ1) is 19.1. The standard InChI is InChI=1S/C21H28N4O2/c1-2-13-22-20(26)18-17-12-6-7-15-25(17)19(24-18)21(27)23-14-8-11-16-9-4-3-5-10-16/h3-5,9-10H,2,6-8,11-15H2,1H3,(H,22,26)(H,23,27). The number of rotatable bonds is 8. The van der Waals surface area contributed by atoms with Crippen LogP contribution < -0.4 is 10.6 Å². The van der Waals surface area contributed by atoms with Crippen LogP contribution in [-0.4, -0.2) is 34.5 Å². The van der Waals surface area contributed by atoms with Crippen molar-refractivity contribution in [2.45, 2.75) is 52.0 Å². The molecule has 1 aromatic heterocycles. The number of benzene rings is 1. The predicted molar refractivity (Wildman–Crippen MR) is 105 cm³/mol. The van der Waals surface area contributed by atoms with Gasteiger partial charge in [0.2, 0.25) is 0 Å². The Bertz CT molecular complexity index is 783. The van der Waals surface area contributed by atoms with Crippen LogP contribution in [0.15, 0.2) is 30.3 Å². The quantitative estimate of drug-likeness (QED) is 0.704. The molecule has 1 aromatic carbocycles. The molecule has 144 valence electrons. The Labute approximate surface area is 160 Å². The Kier molecular flexibility index (Phi) is 6.63. The van der Waals surface area contributed by atoms with Crippen LogP contribution in [0.3, 0.4) is 0 Å². The molecular weight excluding hydrogens is 340 g/mol. The van der Waals surface area contributed by atoms with E-state index in [0.29, 0.717) is 24.6 Å². The Morgan fingerprint density at radius 3 is 2.63 bits per heavy atom. The third-order valence-corrected chi connectivity index (χ3v) is 4.84. The fraction of sp³-hybridized carbons (Fsp3) is 0.476. The molecule has 1 aliphatic heterocycles. The zero-order valence-electron chi connectivity index (χ0n) is 16.0. The lowest BCUT2D eigenvalue weighted by Crippen LogP contribution is -2.29. The fourth-order valence-corrected chi connectivity index (χ4v) is 3.44. The van der Waals surface area contributed by atoms with Gasteiger partial charge in [-0.1, -0.05) is 37.3 Å². The first-order valence-corrected chi connectivity index (χ1v) is 9.90. The second-order valence-electron chi connectivity index (χ2n) is 6.94. The number of hydrogen-bond acceptors (Lipinski definition) is 3. The molecule has 0 bridgehead atoms. The topological polar surface area (TPSA) is 76.0 Å². The van der Waals surface area contributed by atoms with Gasteiger partial charge in [0, 0.05) is 19.6 Å². The zero-order valence-corrected chi connectivity index (χ0v) is 16.0. The van der Waals surface area contributed by atoms with E-state index in [4.69, 9.17) is 0 Å². The van der Waals surface area contributed by atoms with Gasteiger partial charge >= 0.3 is 0 Å². The maximum atomic E-state index is 12.7. The summed E-state index contributed by atoms with van der Waals surface area (Å²) in [5, 5.41) is 5.84. The maximum Gasteiger partial charge on any atom is 0.287 e. The minimum atomic E-state index is -0.194. The summed E-state index contributed by atoms with van der Waals surface area (Å²) < 4.78 is 1.93. The summed E-state index contributed by atoms with van der Waals surface area (Å²) in [6.07, 6.45) is 5.49. The van der Waals surface area contributed by atoms with Crippen molar-refractivity contribution in [1.29, 1.82) is 0 Å². The number of imidazole rings is 1. The van der Waals surface area contributed by atoms with Gasteiger partial charge in [0.15, 0.2) is 5.82 Å². The summed E-state index contributed by atoms with van der Waals surface area (Å²) in [4.78, 5) is 29.5. The van der Waals surface area contributed by atoms with E-state index < -0.39 is 0 Å². The van der Waals surface area contributed by atoms with Gasteiger partial charge in [-0.25, -0.2) is 4.98 Å². The molecule has 3 rings (SSSR count). The number of aromatic nitrogens is 2. The Balaban J connectivity index is 1.63. The predicted octanol–water partition coefficient (Wildman–Crippen LogP) is 2.72. The second-order valence-corrected chi connectivity index (χ2v) is 6.94. The molecular formula is C21H28N4O2. The molecule has 0 aliphatic carbocycles. The number of nitrogens with zero attached hydrogens (tertiary/aromatic N) is 2. The van der Waals surface area contributed by atoms with E-state index in [1.54, 1.807) is 0 Å². The number of fused-ring (bicyclic) bond motifs is 1. The highest BCUT2D eigenvalue weighted by Crippen LogP contribution is 2.21. The molecule has 0 radical (unpaired) electrons. The normalized spacial score (nSPS) is 13.1. The van der Waals surface area contributed by atoms with E-state index in [2.05, 4.69) is 27.8 Å². The maximum absolute atomic E-state index is 12.7. The molecule has 2 amide bonds. The van der Waals surface area contributed by atoms with Gasteiger partial charge in [-0.3, -0.25) is 9.59 Å². The minimum absolute atomic E-state index is 0.175. The van der Waals surface area contributed by atoms with Crippen molar-refractivity contribution >= 4 is 11.8 Å². The third kappa shape index (κ3) is 4.76.